The van der Waals surface area contributed by atoms with Crippen molar-refractivity contribution in [1.82, 2.24) is 20.1 Å². The first-order valence-electron chi connectivity index (χ1n) is 10.4. The Labute approximate surface area is 164 Å². The van der Waals surface area contributed by atoms with Gasteiger partial charge in [-0.1, -0.05) is 18.2 Å². The monoisotopic (exact) mass is 371 g/mol. The topological polar surface area (TPSA) is 44.6 Å². The molecule has 2 rings (SSSR count). The van der Waals surface area contributed by atoms with Crippen LogP contribution >= 0.6 is 0 Å². The first kappa shape index (κ1) is 21.3. The average molecular weight is 372 g/mol. The highest BCUT2D eigenvalue weighted by Crippen LogP contribution is 2.15. The van der Waals surface area contributed by atoms with E-state index in [9.17, 15) is 0 Å². The Kier molecular flexibility index (Phi) is 9.19. The van der Waals surface area contributed by atoms with Gasteiger partial charge in [-0.25, -0.2) is 0 Å². The van der Waals surface area contributed by atoms with Crippen LogP contribution < -0.4 is 10.6 Å². The van der Waals surface area contributed by atoms with Gasteiger partial charge in [-0.15, -0.1) is 0 Å². The van der Waals surface area contributed by atoms with E-state index in [-0.39, 0.29) is 0 Å². The second kappa shape index (κ2) is 11.7. The van der Waals surface area contributed by atoms with Gasteiger partial charge in [-0.05, 0) is 71.1 Å². The third-order valence-corrected chi connectivity index (χ3v) is 4.96. The number of hydrogen-bond acceptors (Lipinski definition) is 2. The summed E-state index contributed by atoms with van der Waals surface area (Å²) in [6.45, 7) is 11.4. The van der Waals surface area contributed by atoms with Gasteiger partial charge in [0.05, 0.1) is 0 Å². The van der Waals surface area contributed by atoms with Crippen molar-refractivity contribution in [2.45, 2.75) is 52.6 Å². The van der Waals surface area contributed by atoms with E-state index < -0.39 is 0 Å². The number of benzene rings is 1. The number of nitrogens with zero attached hydrogens (tertiary/aromatic N) is 3. The Morgan fingerprint density at radius 3 is 2.70 bits per heavy atom. The highest BCUT2D eigenvalue weighted by atomic mass is 15.2. The van der Waals surface area contributed by atoms with Crippen molar-refractivity contribution in [3.63, 3.8) is 0 Å². The first-order valence-corrected chi connectivity index (χ1v) is 10.4. The molecule has 0 aliphatic heterocycles. The van der Waals surface area contributed by atoms with Crippen LogP contribution in [-0.2, 0) is 6.54 Å². The number of aromatic nitrogens is 1. The van der Waals surface area contributed by atoms with E-state index in [1.54, 1.807) is 0 Å². The molecule has 27 heavy (non-hydrogen) atoms. The highest BCUT2D eigenvalue weighted by molar-refractivity contribution is 5.80. The van der Waals surface area contributed by atoms with Crippen LogP contribution in [0.4, 0.5) is 0 Å². The van der Waals surface area contributed by atoms with Gasteiger partial charge in [0.15, 0.2) is 5.96 Å². The molecule has 0 fully saturated rings. The summed E-state index contributed by atoms with van der Waals surface area (Å²) in [7, 11) is 2.19. The minimum atomic E-state index is 0.620. The summed E-state index contributed by atoms with van der Waals surface area (Å²) in [5, 5.41) is 8.11. The number of guanidine groups is 1. The van der Waals surface area contributed by atoms with E-state index in [1.165, 1.54) is 17.3 Å². The smallest absolute Gasteiger partial charge is 0.191 e. The zero-order valence-electron chi connectivity index (χ0n) is 17.5. The lowest BCUT2D eigenvalue weighted by Crippen LogP contribution is -2.38. The van der Waals surface area contributed by atoms with Gasteiger partial charge in [0.2, 0.25) is 0 Å². The van der Waals surface area contributed by atoms with E-state index in [0.29, 0.717) is 6.04 Å². The van der Waals surface area contributed by atoms with E-state index in [2.05, 4.69) is 84.4 Å². The van der Waals surface area contributed by atoms with Crippen molar-refractivity contribution < 1.29 is 0 Å². The molecule has 1 heterocycles. The van der Waals surface area contributed by atoms with E-state index >= 15 is 0 Å². The van der Waals surface area contributed by atoms with Crippen molar-refractivity contribution in [3.8, 4) is 0 Å². The number of fused-ring (bicyclic) bond motifs is 1. The van der Waals surface area contributed by atoms with Crippen LogP contribution in [0.3, 0.4) is 0 Å². The summed E-state index contributed by atoms with van der Waals surface area (Å²) >= 11 is 0. The maximum absolute atomic E-state index is 4.72. The molecule has 0 amide bonds. The molecular formula is C22H37N5. The molecule has 0 bridgehead atoms. The average Bonchev–Trinajstić information content (AvgIpc) is 3.07. The molecule has 2 N–H and O–H groups in total. The Morgan fingerprint density at radius 2 is 1.93 bits per heavy atom. The molecule has 150 valence electrons. The van der Waals surface area contributed by atoms with Gasteiger partial charge in [-0.2, -0.15) is 0 Å². The Balaban J connectivity index is 1.70. The number of para-hydroxylation sites is 1. The summed E-state index contributed by atoms with van der Waals surface area (Å²) in [6.07, 6.45) is 5.58. The second-order valence-electron chi connectivity index (χ2n) is 7.39. The summed E-state index contributed by atoms with van der Waals surface area (Å²) < 4.78 is 2.32. The molecule has 0 aliphatic rings. The zero-order valence-corrected chi connectivity index (χ0v) is 17.5. The molecule has 0 saturated heterocycles. The molecule has 2 aromatic rings. The number of aryl methyl sites for hydroxylation is 1. The zero-order chi connectivity index (χ0) is 19.5. The standard InChI is InChI=1S/C22H37N5/c1-5-23-22(24-14-8-9-16-26(4)19(2)3)25-15-10-17-27-18-13-20-11-6-7-12-21(20)27/h6-7,11-13,18-19H,5,8-10,14-17H2,1-4H3,(H2,23,24,25). The van der Waals surface area contributed by atoms with Crippen LogP contribution in [0, 0.1) is 0 Å². The van der Waals surface area contributed by atoms with Gasteiger partial charge in [0.25, 0.3) is 0 Å². The third kappa shape index (κ3) is 7.25. The summed E-state index contributed by atoms with van der Waals surface area (Å²) in [5.41, 5.74) is 1.30. The van der Waals surface area contributed by atoms with E-state index in [4.69, 9.17) is 4.99 Å². The predicted octanol–water partition coefficient (Wildman–Crippen LogP) is 3.71. The Hall–Kier alpha value is -2.01. The molecule has 0 spiro atoms. The molecule has 5 heteroatoms. The number of aliphatic imine (C=N–C) groups is 1. The molecular weight excluding hydrogens is 334 g/mol. The number of hydrogen-bond donors (Lipinski definition) is 2. The van der Waals surface area contributed by atoms with Crippen LogP contribution in [-0.4, -0.2) is 54.7 Å². The summed E-state index contributed by atoms with van der Waals surface area (Å²) in [5.74, 6) is 0.937. The SMILES string of the molecule is CCNC(=NCCCn1ccc2ccccc21)NCCCCN(C)C(C)C. The fourth-order valence-corrected chi connectivity index (χ4v) is 3.06. The molecule has 0 unspecified atom stereocenters. The van der Waals surface area contributed by atoms with Crippen LogP contribution in [0.1, 0.15) is 40.0 Å². The lowest BCUT2D eigenvalue weighted by molar-refractivity contribution is 0.268. The van der Waals surface area contributed by atoms with Crippen LogP contribution in [0.2, 0.25) is 0 Å². The van der Waals surface area contributed by atoms with E-state index in [1.807, 2.05) is 0 Å². The van der Waals surface area contributed by atoms with Crippen molar-refractivity contribution >= 4 is 16.9 Å². The van der Waals surface area contributed by atoms with Gasteiger partial charge < -0.3 is 20.1 Å². The second-order valence-corrected chi connectivity index (χ2v) is 7.39. The van der Waals surface area contributed by atoms with Crippen LogP contribution in [0.5, 0.6) is 0 Å². The van der Waals surface area contributed by atoms with Crippen LogP contribution in [0.15, 0.2) is 41.5 Å². The van der Waals surface area contributed by atoms with Gasteiger partial charge >= 0.3 is 0 Å². The van der Waals surface area contributed by atoms with Crippen molar-refractivity contribution in [1.29, 1.82) is 0 Å². The third-order valence-electron chi connectivity index (χ3n) is 4.96. The highest BCUT2D eigenvalue weighted by Gasteiger charge is 2.03. The molecule has 5 nitrogen and oxygen atoms in total. The normalized spacial score (nSPS) is 12.3. The molecule has 0 radical (unpaired) electrons. The maximum atomic E-state index is 4.72. The fraction of sp³-hybridized carbons (Fsp3) is 0.591. The van der Waals surface area contributed by atoms with E-state index in [0.717, 1.165) is 51.5 Å². The molecule has 1 aromatic heterocycles. The molecule has 0 atom stereocenters. The molecule has 0 saturated carbocycles. The molecule has 1 aromatic carbocycles. The first-order chi connectivity index (χ1) is 13.1. The largest absolute Gasteiger partial charge is 0.357 e. The minimum Gasteiger partial charge on any atom is -0.357 e. The summed E-state index contributed by atoms with van der Waals surface area (Å²) in [4.78, 5) is 7.12. The van der Waals surface area contributed by atoms with Crippen molar-refractivity contribution in [2.24, 2.45) is 4.99 Å². The Bertz CT molecular complexity index is 689. The molecule has 0 aliphatic carbocycles. The lowest BCUT2D eigenvalue weighted by Gasteiger charge is -2.20. The number of unbranched alkanes of at least 4 members (excludes halogenated alkanes) is 1. The quantitative estimate of drug-likeness (QED) is 0.360. The predicted molar refractivity (Wildman–Crippen MR) is 118 cm³/mol. The van der Waals surface area contributed by atoms with Crippen molar-refractivity contribution in [3.05, 3.63) is 36.5 Å². The summed E-state index contributed by atoms with van der Waals surface area (Å²) in [6, 6.07) is 11.3. The lowest BCUT2D eigenvalue weighted by atomic mass is 10.2. The maximum Gasteiger partial charge on any atom is 0.191 e. The fourth-order valence-electron chi connectivity index (χ4n) is 3.06. The van der Waals surface area contributed by atoms with Gasteiger partial charge in [0, 0.05) is 43.9 Å². The number of rotatable bonds is 11. The van der Waals surface area contributed by atoms with Gasteiger partial charge in [-0.3, -0.25) is 4.99 Å². The minimum absolute atomic E-state index is 0.620. The Morgan fingerprint density at radius 1 is 1.11 bits per heavy atom. The van der Waals surface area contributed by atoms with Crippen LogP contribution in [0.25, 0.3) is 10.9 Å². The number of nitrogens with one attached hydrogen (secondary N) is 2. The van der Waals surface area contributed by atoms with Crippen molar-refractivity contribution in [2.75, 3.05) is 33.2 Å². The van der Waals surface area contributed by atoms with Gasteiger partial charge in [0.1, 0.15) is 0 Å².